The van der Waals surface area contributed by atoms with E-state index in [1.807, 2.05) is 0 Å². The number of hydrogen-bond acceptors (Lipinski definition) is 7. The minimum Gasteiger partial charge on any atom is -0.339 e. The van der Waals surface area contributed by atoms with Crippen molar-refractivity contribution in [1.29, 1.82) is 0 Å². The zero-order chi connectivity index (χ0) is 22.8. The molecule has 0 bridgehead atoms. The van der Waals surface area contributed by atoms with Crippen LogP contribution in [0.3, 0.4) is 0 Å². The molecular weight excluding hydrogens is 406 g/mol. The Morgan fingerprint density at radius 2 is 1.77 bits per heavy atom. The summed E-state index contributed by atoms with van der Waals surface area (Å²) in [5, 5.41) is 5.55. The van der Waals surface area contributed by atoms with E-state index in [1.54, 1.807) is 19.1 Å². The van der Waals surface area contributed by atoms with Crippen LogP contribution in [-0.4, -0.2) is 31.6 Å². The molecule has 0 saturated heterocycles. The normalized spacial score (nSPS) is 11.2. The first-order valence-corrected chi connectivity index (χ1v) is 9.29. The van der Waals surface area contributed by atoms with Crippen molar-refractivity contribution < 1.29 is 18.4 Å². The lowest BCUT2D eigenvalue weighted by Crippen LogP contribution is -2.14. The Morgan fingerprint density at radius 1 is 1.03 bits per heavy atom. The molecular formula is C21H20F2N6O2. The molecule has 10 heteroatoms. The number of ketones is 1. The number of aryl methyl sites for hydroxylation is 1. The molecule has 3 aromatic heterocycles. The summed E-state index contributed by atoms with van der Waals surface area (Å²) < 4.78 is 27.5. The van der Waals surface area contributed by atoms with Gasteiger partial charge in [-0.05, 0) is 26.0 Å². The molecule has 3 aromatic rings. The summed E-state index contributed by atoms with van der Waals surface area (Å²) in [6.45, 7) is 5.07. The Hall–Kier alpha value is -3.82. The van der Waals surface area contributed by atoms with Crippen LogP contribution in [0.25, 0.3) is 11.3 Å². The van der Waals surface area contributed by atoms with Gasteiger partial charge in [0, 0.05) is 55.2 Å². The number of pyridine rings is 2. The lowest BCUT2D eigenvalue weighted by molar-refractivity contribution is -0.114. The van der Waals surface area contributed by atoms with E-state index in [4.69, 9.17) is 0 Å². The second-order valence-corrected chi connectivity index (χ2v) is 7.01. The number of carbonyl (C=O) groups excluding carboxylic acids is 2. The van der Waals surface area contributed by atoms with E-state index < -0.39 is 11.7 Å². The Labute approximate surface area is 177 Å². The van der Waals surface area contributed by atoms with E-state index in [-0.39, 0.29) is 23.3 Å². The molecule has 0 atom stereocenters. The summed E-state index contributed by atoms with van der Waals surface area (Å²) in [4.78, 5) is 39.4. The van der Waals surface area contributed by atoms with Gasteiger partial charge in [0.15, 0.2) is 5.78 Å². The number of carbonyl (C=O) groups is 2. The van der Waals surface area contributed by atoms with Crippen molar-refractivity contribution in [3.8, 4) is 11.3 Å². The van der Waals surface area contributed by atoms with Crippen LogP contribution < -0.4 is 10.6 Å². The zero-order valence-electron chi connectivity index (χ0n) is 17.3. The Kier molecular flexibility index (Phi) is 6.00. The standard InChI is InChI=1S/C21H20F2N6O2/c1-11-7-19(29-20(26-11)21(4,22)23)28-17-9-18(27-13(3)31)25-10-15(17)16-8-14(12(2)30)5-6-24-16/h5-10H,1-4H3,(H2,25,26,27,28,29,31). The molecule has 0 radical (unpaired) electrons. The highest BCUT2D eigenvalue weighted by Gasteiger charge is 2.29. The highest BCUT2D eigenvalue weighted by molar-refractivity contribution is 5.95. The van der Waals surface area contributed by atoms with Crippen LogP contribution in [0.1, 0.15) is 42.6 Å². The van der Waals surface area contributed by atoms with E-state index >= 15 is 0 Å². The number of nitrogens with one attached hydrogen (secondary N) is 2. The topological polar surface area (TPSA) is 110 Å². The molecule has 0 fully saturated rings. The minimum atomic E-state index is -3.22. The predicted octanol–water partition coefficient (Wildman–Crippen LogP) is 4.26. The second kappa shape index (κ2) is 8.50. The molecule has 0 aliphatic carbocycles. The summed E-state index contributed by atoms with van der Waals surface area (Å²) in [5.74, 6) is -3.93. The van der Waals surface area contributed by atoms with E-state index in [9.17, 15) is 18.4 Å². The Bertz CT molecular complexity index is 1160. The monoisotopic (exact) mass is 426 g/mol. The van der Waals surface area contributed by atoms with Crippen LogP contribution in [0.4, 0.5) is 26.1 Å². The molecule has 0 aliphatic heterocycles. The van der Waals surface area contributed by atoms with Crippen molar-refractivity contribution in [3.05, 3.63) is 53.7 Å². The van der Waals surface area contributed by atoms with Crippen molar-refractivity contribution in [2.75, 3.05) is 10.6 Å². The molecule has 0 spiro atoms. The molecule has 0 unspecified atom stereocenters. The largest absolute Gasteiger partial charge is 0.339 e. The minimum absolute atomic E-state index is 0.132. The van der Waals surface area contributed by atoms with Gasteiger partial charge < -0.3 is 10.6 Å². The van der Waals surface area contributed by atoms with Gasteiger partial charge in [-0.15, -0.1) is 0 Å². The lowest BCUT2D eigenvalue weighted by Gasteiger charge is -2.15. The van der Waals surface area contributed by atoms with Gasteiger partial charge in [-0.3, -0.25) is 14.6 Å². The van der Waals surface area contributed by atoms with Gasteiger partial charge in [-0.1, -0.05) is 0 Å². The van der Waals surface area contributed by atoms with Crippen LogP contribution in [-0.2, 0) is 10.7 Å². The number of anilines is 3. The van der Waals surface area contributed by atoms with E-state index in [0.717, 1.165) is 6.92 Å². The first kappa shape index (κ1) is 21.9. The maximum absolute atomic E-state index is 13.8. The maximum atomic E-state index is 13.8. The van der Waals surface area contributed by atoms with Crippen molar-refractivity contribution in [3.63, 3.8) is 0 Å². The average molecular weight is 426 g/mol. The van der Waals surface area contributed by atoms with E-state index in [2.05, 4.69) is 30.6 Å². The van der Waals surface area contributed by atoms with Crippen molar-refractivity contribution in [2.45, 2.75) is 33.6 Å². The Morgan fingerprint density at radius 3 is 2.42 bits per heavy atom. The number of amides is 1. The van der Waals surface area contributed by atoms with Gasteiger partial charge in [0.25, 0.3) is 0 Å². The van der Waals surface area contributed by atoms with Crippen LogP contribution in [0, 0.1) is 6.92 Å². The van der Waals surface area contributed by atoms with Crippen LogP contribution >= 0.6 is 0 Å². The van der Waals surface area contributed by atoms with Gasteiger partial charge >= 0.3 is 5.92 Å². The fraction of sp³-hybridized carbons (Fsp3) is 0.238. The van der Waals surface area contributed by atoms with Crippen molar-refractivity contribution >= 4 is 29.0 Å². The molecule has 0 aliphatic rings. The number of nitrogens with zero attached hydrogens (tertiary/aromatic N) is 4. The van der Waals surface area contributed by atoms with Gasteiger partial charge in [-0.2, -0.15) is 8.78 Å². The lowest BCUT2D eigenvalue weighted by atomic mass is 10.1. The molecule has 3 heterocycles. The third-order valence-electron chi connectivity index (χ3n) is 4.16. The van der Waals surface area contributed by atoms with E-state index in [0.29, 0.717) is 28.2 Å². The zero-order valence-corrected chi connectivity index (χ0v) is 17.3. The molecule has 2 N–H and O–H groups in total. The SMILES string of the molecule is CC(=O)Nc1cc(Nc2cc(C)nc(C(C)(F)F)n2)c(-c2cc(C(C)=O)ccn2)cn1. The van der Waals surface area contributed by atoms with Crippen molar-refractivity contribution in [1.82, 2.24) is 19.9 Å². The molecule has 0 saturated carbocycles. The number of alkyl halides is 2. The highest BCUT2D eigenvalue weighted by atomic mass is 19.3. The van der Waals surface area contributed by atoms with Gasteiger partial charge in [0.2, 0.25) is 11.7 Å². The van der Waals surface area contributed by atoms with Crippen LogP contribution in [0.2, 0.25) is 0 Å². The molecule has 8 nitrogen and oxygen atoms in total. The fourth-order valence-corrected chi connectivity index (χ4v) is 2.78. The van der Waals surface area contributed by atoms with Crippen molar-refractivity contribution in [2.24, 2.45) is 0 Å². The number of halogens is 2. The molecule has 0 aromatic carbocycles. The molecule has 31 heavy (non-hydrogen) atoms. The molecule has 1 amide bonds. The highest BCUT2D eigenvalue weighted by Crippen LogP contribution is 2.32. The Balaban J connectivity index is 2.11. The number of Topliss-reactive ketones (excluding diaryl/α,β-unsaturated/α-hetero) is 1. The summed E-state index contributed by atoms with van der Waals surface area (Å²) in [5.41, 5.74) is 2.12. The van der Waals surface area contributed by atoms with Gasteiger partial charge in [-0.25, -0.2) is 15.0 Å². The van der Waals surface area contributed by atoms with Crippen LogP contribution in [0.5, 0.6) is 0 Å². The molecule has 160 valence electrons. The fourth-order valence-electron chi connectivity index (χ4n) is 2.78. The quantitative estimate of drug-likeness (QED) is 0.567. The third kappa shape index (κ3) is 5.41. The number of rotatable bonds is 6. The summed E-state index contributed by atoms with van der Waals surface area (Å²) >= 11 is 0. The molecule has 3 rings (SSSR count). The number of hydrogen-bond donors (Lipinski definition) is 2. The first-order valence-electron chi connectivity index (χ1n) is 9.29. The predicted molar refractivity (Wildman–Crippen MR) is 111 cm³/mol. The summed E-state index contributed by atoms with van der Waals surface area (Å²) in [6, 6.07) is 6.22. The second-order valence-electron chi connectivity index (χ2n) is 7.01. The number of aromatic nitrogens is 4. The third-order valence-corrected chi connectivity index (χ3v) is 4.16. The van der Waals surface area contributed by atoms with Gasteiger partial charge in [0.1, 0.15) is 11.6 Å². The summed E-state index contributed by atoms with van der Waals surface area (Å²) in [6.07, 6.45) is 2.95. The smallest absolute Gasteiger partial charge is 0.303 e. The van der Waals surface area contributed by atoms with E-state index in [1.165, 1.54) is 38.4 Å². The maximum Gasteiger partial charge on any atom is 0.303 e. The summed E-state index contributed by atoms with van der Waals surface area (Å²) in [7, 11) is 0. The van der Waals surface area contributed by atoms with Crippen LogP contribution in [0.15, 0.2) is 36.7 Å². The average Bonchev–Trinajstić information content (AvgIpc) is 2.66. The van der Waals surface area contributed by atoms with Gasteiger partial charge in [0.05, 0.1) is 11.4 Å². The first-order chi connectivity index (χ1) is 14.5.